The van der Waals surface area contributed by atoms with Crippen LogP contribution in [0.2, 0.25) is 0 Å². The first-order valence-electron chi connectivity index (χ1n) is 6.25. The van der Waals surface area contributed by atoms with E-state index in [9.17, 15) is 4.79 Å². The van der Waals surface area contributed by atoms with Gasteiger partial charge >= 0.3 is 0 Å². The van der Waals surface area contributed by atoms with Crippen LogP contribution in [0.1, 0.15) is 52.4 Å². The molecular formula is C13H23NO. The molecule has 0 saturated heterocycles. The molecule has 0 aromatic heterocycles. The molecule has 2 heteroatoms. The van der Waals surface area contributed by atoms with Crippen LogP contribution in [0.4, 0.5) is 0 Å². The maximum atomic E-state index is 11.7. The van der Waals surface area contributed by atoms with Crippen molar-refractivity contribution in [3.63, 3.8) is 0 Å². The van der Waals surface area contributed by atoms with Gasteiger partial charge in [-0.15, -0.1) is 0 Å². The number of nitrogens with zero attached hydrogens (tertiary/aromatic N) is 1. The zero-order valence-corrected chi connectivity index (χ0v) is 10.1. The molecule has 0 N–H and O–H groups in total. The lowest BCUT2D eigenvalue weighted by Gasteiger charge is -2.26. The molecule has 0 saturated carbocycles. The second-order valence-electron chi connectivity index (χ2n) is 4.32. The summed E-state index contributed by atoms with van der Waals surface area (Å²) in [7, 11) is 0. The van der Waals surface area contributed by atoms with Crippen molar-refractivity contribution >= 4 is 5.78 Å². The smallest absolute Gasteiger partial charge is 0.160 e. The summed E-state index contributed by atoms with van der Waals surface area (Å²) in [4.78, 5) is 14.0. The quantitative estimate of drug-likeness (QED) is 0.670. The molecule has 0 aromatic carbocycles. The molecule has 1 aliphatic rings. The minimum absolute atomic E-state index is 0.360. The lowest BCUT2D eigenvalue weighted by atomic mass is 10.0. The van der Waals surface area contributed by atoms with Crippen molar-refractivity contribution < 1.29 is 4.79 Å². The molecule has 86 valence electrons. The van der Waals surface area contributed by atoms with Crippen molar-refractivity contribution in [2.75, 3.05) is 13.1 Å². The van der Waals surface area contributed by atoms with E-state index in [1.54, 1.807) is 0 Å². The summed E-state index contributed by atoms with van der Waals surface area (Å²) in [6.45, 7) is 6.51. The van der Waals surface area contributed by atoms with Crippen LogP contribution >= 0.6 is 0 Å². The van der Waals surface area contributed by atoms with Crippen LogP contribution in [0, 0.1) is 0 Å². The molecule has 15 heavy (non-hydrogen) atoms. The predicted molar refractivity (Wildman–Crippen MR) is 63.7 cm³/mol. The van der Waals surface area contributed by atoms with E-state index in [0.29, 0.717) is 12.2 Å². The topological polar surface area (TPSA) is 20.3 Å². The Hall–Kier alpha value is -0.790. The van der Waals surface area contributed by atoms with E-state index in [0.717, 1.165) is 37.9 Å². The number of unbranched alkanes of at least 4 members (excludes halogenated alkanes) is 1. The van der Waals surface area contributed by atoms with Gasteiger partial charge in [0.05, 0.1) is 0 Å². The molecule has 0 radical (unpaired) electrons. The Kier molecular flexibility index (Phi) is 5.44. The van der Waals surface area contributed by atoms with Gasteiger partial charge in [0, 0.05) is 31.3 Å². The van der Waals surface area contributed by atoms with Gasteiger partial charge in [0.2, 0.25) is 0 Å². The maximum Gasteiger partial charge on any atom is 0.160 e. The zero-order chi connectivity index (χ0) is 11.1. The molecular weight excluding hydrogens is 186 g/mol. The standard InChI is InChI=1S/C13H23NO/c1-3-5-9-14-10-6-8-12(11-14)13(15)7-4-2/h11H,3-10H2,1-2H3. The number of Topliss-reactive ketones (excluding diaryl/α,β-unsaturated/α-hetero) is 1. The first-order valence-corrected chi connectivity index (χ1v) is 6.25. The van der Waals surface area contributed by atoms with Gasteiger partial charge in [-0.05, 0) is 25.7 Å². The number of ketones is 1. The van der Waals surface area contributed by atoms with Gasteiger partial charge in [0.15, 0.2) is 5.78 Å². The van der Waals surface area contributed by atoms with Gasteiger partial charge in [-0.3, -0.25) is 4.79 Å². The number of hydrogen-bond donors (Lipinski definition) is 0. The Bertz CT molecular complexity index is 233. The van der Waals surface area contributed by atoms with Gasteiger partial charge in [-0.25, -0.2) is 0 Å². The monoisotopic (exact) mass is 209 g/mol. The Labute approximate surface area is 93.3 Å². The first-order chi connectivity index (χ1) is 7.27. The van der Waals surface area contributed by atoms with Crippen molar-refractivity contribution in [2.45, 2.75) is 52.4 Å². The molecule has 1 heterocycles. The molecule has 2 nitrogen and oxygen atoms in total. The predicted octanol–water partition coefficient (Wildman–Crippen LogP) is 3.14. The minimum atomic E-state index is 0.360. The Morgan fingerprint density at radius 3 is 2.87 bits per heavy atom. The summed E-state index contributed by atoms with van der Waals surface area (Å²) in [5, 5.41) is 0. The summed E-state index contributed by atoms with van der Waals surface area (Å²) >= 11 is 0. The number of hydrogen-bond acceptors (Lipinski definition) is 2. The molecule has 0 aromatic rings. The molecule has 0 fully saturated rings. The second-order valence-corrected chi connectivity index (χ2v) is 4.32. The average Bonchev–Trinajstić information content (AvgIpc) is 2.27. The normalized spacial score (nSPS) is 16.4. The minimum Gasteiger partial charge on any atom is -0.377 e. The third kappa shape index (κ3) is 4.06. The van der Waals surface area contributed by atoms with E-state index < -0.39 is 0 Å². The van der Waals surface area contributed by atoms with Crippen LogP contribution in [0.5, 0.6) is 0 Å². The molecule has 0 spiro atoms. The van der Waals surface area contributed by atoms with E-state index in [-0.39, 0.29) is 0 Å². The largest absolute Gasteiger partial charge is 0.377 e. The van der Waals surface area contributed by atoms with Gasteiger partial charge in [0.25, 0.3) is 0 Å². The highest BCUT2D eigenvalue weighted by Gasteiger charge is 2.14. The highest BCUT2D eigenvalue weighted by Crippen LogP contribution is 2.17. The molecule has 0 atom stereocenters. The molecule has 0 unspecified atom stereocenters. The summed E-state index contributed by atoms with van der Waals surface area (Å²) in [5.41, 5.74) is 1.05. The van der Waals surface area contributed by atoms with E-state index >= 15 is 0 Å². The van der Waals surface area contributed by atoms with Crippen LogP contribution < -0.4 is 0 Å². The summed E-state index contributed by atoms with van der Waals surface area (Å²) in [5.74, 6) is 0.360. The van der Waals surface area contributed by atoms with E-state index in [1.807, 2.05) is 0 Å². The summed E-state index contributed by atoms with van der Waals surface area (Å²) in [6, 6.07) is 0. The molecule has 0 bridgehead atoms. The van der Waals surface area contributed by atoms with Crippen molar-refractivity contribution in [3.8, 4) is 0 Å². The zero-order valence-electron chi connectivity index (χ0n) is 10.1. The Morgan fingerprint density at radius 2 is 2.20 bits per heavy atom. The summed E-state index contributed by atoms with van der Waals surface area (Å²) in [6.07, 6.45) is 8.37. The third-order valence-corrected chi connectivity index (χ3v) is 2.86. The SMILES string of the molecule is CCCCN1C=C(C(=O)CCC)CCC1. The highest BCUT2D eigenvalue weighted by molar-refractivity contribution is 5.95. The van der Waals surface area contributed by atoms with E-state index in [4.69, 9.17) is 0 Å². The number of carbonyl (C=O) groups is 1. The Morgan fingerprint density at radius 1 is 1.40 bits per heavy atom. The lowest BCUT2D eigenvalue weighted by Crippen LogP contribution is -2.25. The van der Waals surface area contributed by atoms with Gasteiger partial charge in [-0.2, -0.15) is 0 Å². The van der Waals surface area contributed by atoms with Crippen LogP contribution in [0.25, 0.3) is 0 Å². The molecule has 1 aliphatic heterocycles. The van der Waals surface area contributed by atoms with E-state index in [1.165, 1.54) is 12.8 Å². The van der Waals surface area contributed by atoms with Crippen molar-refractivity contribution in [1.29, 1.82) is 0 Å². The lowest BCUT2D eigenvalue weighted by molar-refractivity contribution is -0.115. The third-order valence-electron chi connectivity index (χ3n) is 2.86. The van der Waals surface area contributed by atoms with Crippen molar-refractivity contribution in [1.82, 2.24) is 4.90 Å². The summed E-state index contributed by atoms with van der Waals surface area (Å²) < 4.78 is 0. The maximum absolute atomic E-state index is 11.7. The molecule has 0 aliphatic carbocycles. The number of carbonyl (C=O) groups excluding carboxylic acids is 1. The van der Waals surface area contributed by atoms with Gasteiger partial charge in [0.1, 0.15) is 0 Å². The second kappa shape index (κ2) is 6.65. The fourth-order valence-electron chi connectivity index (χ4n) is 1.96. The van der Waals surface area contributed by atoms with Gasteiger partial charge < -0.3 is 4.90 Å². The molecule has 1 rings (SSSR count). The van der Waals surface area contributed by atoms with Crippen LogP contribution in [-0.2, 0) is 4.79 Å². The highest BCUT2D eigenvalue weighted by atomic mass is 16.1. The fourth-order valence-corrected chi connectivity index (χ4v) is 1.96. The Balaban J connectivity index is 2.48. The first kappa shape index (κ1) is 12.3. The fraction of sp³-hybridized carbons (Fsp3) is 0.769. The number of rotatable bonds is 6. The number of allylic oxidation sites excluding steroid dienone is 1. The van der Waals surface area contributed by atoms with Crippen LogP contribution in [-0.4, -0.2) is 23.8 Å². The van der Waals surface area contributed by atoms with Gasteiger partial charge in [-0.1, -0.05) is 20.3 Å². The van der Waals surface area contributed by atoms with Crippen molar-refractivity contribution in [2.24, 2.45) is 0 Å². The molecule has 0 amide bonds. The van der Waals surface area contributed by atoms with Crippen molar-refractivity contribution in [3.05, 3.63) is 11.8 Å². The van der Waals surface area contributed by atoms with E-state index in [2.05, 4.69) is 24.9 Å². The van der Waals surface area contributed by atoms with Crippen LogP contribution in [0.15, 0.2) is 11.8 Å². The van der Waals surface area contributed by atoms with Crippen LogP contribution in [0.3, 0.4) is 0 Å². The average molecular weight is 209 g/mol.